The van der Waals surface area contributed by atoms with Crippen LogP contribution in [0.25, 0.3) is 0 Å². The SMILES string of the molecule is CCOc1cccc2c1OC1(C)C(C(=O)Nc3ccc(C)cc3C)C2NC(=S)N1c1ccc(C)cc1C. The Kier molecular flexibility index (Phi) is 6.36. The van der Waals surface area contributed by atoms with E-state index < -0.39 is 17.7 Å². The van der Waals surface area contributed by atoms with Gasteiger partial charge in [-0.25, -0.2) is 0 Å². The molecule has 0 spiro atoms. The lowest BCUT2D eigenvalue weighted by molar-refractivity contribution is -0.130. The fraction of sp³-hybridized carbons (Fsp3) is 0.333. The first kappa shape index (κ1) is 25.1. The average molecular weight is 516 g/mol. The Labute approximate surface area is 224 Å². The molecule has 1 saturated heterocycles. The number of anilines is 2. The molecule has 192 valence electrons. The number of benzene rings is 3. The van der Waals surface area contributed by atoms with Gasteiger partial charge in [0.05, 0.1) is 12.6 Å². The molecule has 3 aromatic rings. The summed E-state index contributed by atoms with van der Waals surface area (Å²) in [7, 11) is 0. The monoisotopic (exact) mass is 515 g/mol. The van der Waals surface area contributed by atoms with E-state index in [2.05, 4.69) is 29.7 Å². The van der Waals surface area contributed by atoms with Gasteiger partial charge in [-0.15, -0.1) is 0 Å². The molecule has 2 aliphatic heterocycles. The van der Waals surface area contributed by atoms with Gasteiger partial charge in [0.2, 0.25) is 5.91 Å². The normalized spacial score (nSPS) is 22.0. The van der Waals surface area contributed by atoms with Crippen LogP contribution in [0.15, 0.2) is 54.6 Å². The molecule has 3 unspecified atom stereocenters. The number of nitrogens with zero attached hydrogens (tertiary/aromatic N) is 1. The maximum absolute atomic E-state index is 14.1. The first-order valence-electron chi connectivity index (χ1n) is 12.6. The summed E-state index contributed by atoms with van der Waals surface area (Å²) in [4.78, 5) is 16.1. The number of carbonyl (C=O) groups is 1. The van der Waals surface area contributed by atoms with Gasteiger partial charge >= 0.3 is 0 Å². The molecule has 7 heteroatoms. The van der Waals surface area contributed by atoms with Crippen molar-refractivity contribution in [3.63, 3.8) is 0 Å². The second-order valence-corrected chi connectivity index (χ2v) is 10.5. The van der Waals surface area contributed by atoms with E-state index in [0.717, 1.165) is 39.2 Å². The van der Waals surface area contributed by atoms with E-state index in [4.69, 9.17) is 21.7 Å². The molecule has 1 amide bonds. The first-order valence-corrected chi connectivity index (χ1v) is 13.1. The highest BCUT2D eigenvalue weighted by molar-refractivity contribution is 7.80. The number of nitrogens with one attached hydrogen (secondary N) is 2. The van der Waals surface area contributed by atoms with E-state index in [1.807, 2.05) is 82.0 Å². The number of fused-ring (bicyclic) bond motifs is 4. The minimum Gasteiger partial charge on any atom is -0.490 e. The van der Waals surface area contributed by atoms with Crippen LogP contribution in [-0.2, 0) is 4.79 Å². The Balaban J connectivity index is 1.66. The van der Waals surface area contributed by atoms with Crippen LogP contribution in [0.3, 0.4) is 0 Å². The Bertz CT molecular complexity index is 1400. The van der Waals surface area contributed by atoms with Crippen molar-refractivity contribution in [3.8, 4) is 11.5 Å². The summed E-state index contributed by atoms with van der Waals surface area (Å²) in [5, 5.41) is 7.19. The zero-order valence-corrected chi connectivity index (χ0v) is 23.0. The third-order valence-electron chi connectivity index (χ3n) is 7.30. The number of ether oxygens (including phenoxy) is 2. The van der Waals surface area contributed by atoms with E-state index in [0.29, 0.717) is 23.2 Å². The maximum Gasteiger partial charge on any atom is 0.236 e. The Morgan fingerprint density at radius 2 is 1.78 bits per heavy atom. The van der Waals surface area contributed by atoms with Gasteiger partial charge in [0.25, 0.3) is 0 Å². The number of rotatable bonds is 5. The van der Waals surface area contributed by atoms with Crippen molar-refractivity contribution in [1.29, 1.82) is 0 Å². The minimum absolute atomic E-state index is 0.142. The van der Waals surface area contributed by atoms with Gasteiger partial charge in [-0.2, -0.15) is 0 Å². The third kappa shape index (κ3) is 4.21. The van der Waals surface area contributed by atoms with Crippen molar-refractivity contribution >= 4 is 34.6 Å². The molecular formula is C30H33N3O3S. The van der Waals surface area contributed by atoms with Gasteiger partial charge in [0.15, 0.2) is 22.3 Å². The van der Waals surface area contributed by atoms with Crippen LogP contribution in [0.1, 0.15) is 47.7 Å². The Morgan fingerprint density at radius 1 is 1.08 bits per heavy atom. The van der Waals surface area contributed by atoms with Crippen molar-refractivity contribution in [3.05, 3.63) is 82.4 Å². The number of amides is 1. The van der Waals surface area contributed by atoms with Crippen LogP contribution >= 0.6 is 12.2 Å². The molecule has 0 radical (unpaired) electrons. The van der Waals surface area contributed by atoms with Crippen molar-refractivity contribution in [2.24, 2.45) is 5.92 Å². The largest absolute Gasteiger partial charge is 0.490 e. The second-order valence-electron chi connectivity index (χ2n) is 10.1. The highest BCUT2D eigenvalue weighted by Gasteiger charge is 2.59. The van der Waals surface area contributed by atoms with Crippen LogP contribution < -0.4 is 25.0 Å². The molecule has 3 atom stereocenters. The van der Waals surface area contributed by atoms with Gasteiger partial charge < -0.3 is 20.1 Å². The Morgan fingerprint density at radius 3 is 2.46 bits per heavy atom. The summed E-state index contributed by atoms with van der Waals surface area (Å²) in [6.07, 6.45) is 0. The molecule has 2 heterocycles. The van der Waals surface area contributed by atoms with Crippen LogP contribution in [0.5, 0.6) is 11.5 Å². The summed E-state index contributed by atoms with van der Waals surface area (Å²) in [6, 6.07) is 17.6. The van der Waals surface area contributed by atoms with E-state index in [-0.39, 0.29) is 5.91 Å². The third-order valence-corrected chi connectivity index (χ3v) is 7.61. The standard InChI is InChI=1S/C30H33N3O3S/c1-7-35-24-10-8-9-21-26-25(28(34)31-22-13-11-17(2)15-19(22)4)30(6,36-27(21)24)33(29(37)32-26)23-14-12-18(3)16-20(23)5/h8-16,25-26H,7H2,1-6H3,(H,31,34)(H,32,37). The number of thiocarbonyl (C=S) groups is 1. The van der Waals surface area contributed by atoms with Crippen molar-refractivity contribution in [2.75, 3.05) is 16.8 Å². The number of hydrogen-bond donors (Lipinski definition) is 2. The number of aryl methyl sites for hydroxylation is 4. The van der Waals surface area contributed by atoms with Gasteiger partial charge in [-0.05, 0) is 83.1 Å². The zero-order chi connectivity index (χ0) is 26.5. The second kappa shape index (κ2) is 9.38. The fourth-order valence-electron chi connectivity index (χ4n) is 5.62. The Hall–Kier alpha value is -3.58. The molecule has 1 fully saturated rings. The summed E-state index contributed by atoms with van der Waals surface area (Å²) in [5.41, 5.74) is 5.77. The predicted octanol–water partition coefficient (Wildman–Crippen LogP) is 6.12. The topological polar surface area (TPSA) is 62.8 Å². The summed E-state index contributed by atoms with van der Waals surface area (Å²) in [5.74, 6) is 0.526. The number of para-hydroxylation sites is 1. The molecule has 3 aromatic carbocycles. The lowest BCUT2D eigenvalue weighted by Gasteiger charge is -2.56. The van der Waals surface area contributed by atoms with Gasteiger partial charge in [-0.3, -0.25) is 9.69 Å². The van der Waals surface area contributed by atoms with Crippen molar-refractivity contribution < 1.29 is 14.3 Å². The quantitative estimate of drug-likeness (QED) is 0.399. The summed E-state index contributed by atoms with van der Waals surface area (Å²) >= 11 is 5.92. The highest BCUT2D eigenvalue weighted by Crippen LogP contribution is 2.53. The molecule has 5 rings (SSSR count). The van der Waals surface area contributed by atoms with Crippen LogP contribution in [-0.4, -0.2) is 23.4 Å². The van der Waals surface area contributed by atoms with E-state index in [1.54, 1.807) is 0 Å². The summed E-state index contributed by atoms with van der Waals surface area (Å²) in [6.45, 7) is 12.5. The highest BCUT2D eigenvalue weighted by atomic mass is 32.1. The van der Waals surface area contributed by atoms with Gasteiger partial charge in [0.1, 0.15) is 5.92 Å². The number of carbonyl (C=O) groups excluding carboxylic acids is 1. The predicted molar refractivity (Wildman–Crippen MR) is 152 cm³/mol. The molecule has 0 saturated carbocycles. The summed E-state index contributed by atoms with van der Waals surface area (Å²) < 4.78 is 12.8. The zero-order valence-electron chi connectivity index (χ0n) is 22.1. The smallest absolute Gasteiger partial charge is 0.236 e. The average Bonchev–Trinajstić information content (AvgIpc) is 2.82. The molecule has 2 bridgehead atoms. The molecule has 0 aliphatic carbocycles. The van der Waals surface area contributed by atoms with E-state index in [9.17, 15) is 4.79 Å². The molecule has 2 N–H and O–H groups in total. The van der Waals surface area contributed by atoms with Crippen LogP contribution in [0, 0.1) is 33.6 Å². The van der Waals surface area contributed by atoms with Crippen molar-refractivity contribution in [1.82, 2.24) is 5.32 Å². The maximum atomic E-state index is 14.1. The number of hydrogen-bond acceptors (Lipinski definition) is 4. The molecule has 6 nitrogen and oxygen atoms in total. The van der Waals surface area contributed by atoms with E-state index >= 15 is 0 Å². The fourth-order valence-corrected chi connectivity index (χ4v) is 6.03. The van der Waals surface area contributed by atoms with Gasteiger partial charge in [-0.1, -0.05) is 47.5 Å². The van der Waals surface area contributed by atoms with Crippen LogP contribution in [0.4, 0.5) is 11.4 Å². The lowest BCUT2D eigenvalue weighted by Crippen LogP contribution is -2.72. The molecular weight excluding hydrogens is 482 g/mol. The first-order chi connectivity index (χ1) is 17.6. The lowest BCUT2D eigenvalue weighted by atomic mass is 9.78. The molecule has 0 aromatic heterocycles. The molecule has 37 heavy (non-hydrogen) atoms. The van der Waals surface area contributed by atoms with E-state index in [1.165, 1.54) is 0 Å². The van der Waals surface area contributed by atoms with Crippen LogP contribution in [0.2, 0.25) is 0 Å². The molecule has 2 aliphatic rings. The minimum atomic E-state index is -1.12. The van der Waals surface area contributed by atoms with Gasteiger partial charge in [0, 0.05) is 16.9 Å². The van der Waals surface area contributed by atoms with Crippen molar-refractivity contribution in [2.45, 2.75) is 53.3 Å².